The number of fused-ring (bicyclic) bond motifs is 1. The van der Waals surface area contributed by atoms with Crippen LogP contribution in [0.1, 0.15) is 34.6 Å². The SMILES string of the molecule is CCOC(=O)C=C(C)C1=CC(=O)c2ccccc2C1=O. The quantitative estimate of drug-likeness (QED) is 0.625. The van der Waals surface area contributed by atoms with Crippen LogP contribution >= 0.6 is 0 Å². The Bertz CT molecular complexity index is 650. The number of rotatable bonds is 3. The Balaban J connectivity index is 2.38. The molecule has 4 nitrogen and oxygen atoms in total. The predicted octanol–water partition coefficient (Wildman–Crippen LogP) is 2.50. The fourth-order valence-corrected chi connectivity index (χ4v) is 2.05. The lowest BCUT2D eigenvalue weighted by molar-refractivity contribution is -0.137. The molecule has 0 unspecified atom stereocenters. The Morgan fingerprint density at radius 2 is 1.85 bits per heavy atom. The lowest BCUT2D eigenvalue weighted by Crippen LogP contribution is -2.18. The van der Waals surface area contributed by atoms with E-state index in [1.807, 2.05) is 0 Å². The summed E-state index contributed by atoms with van der Waals surface area (Å²) < 4.78 is 4.80. The van der Waals surface area contributed by atoms with Crippen LogP contribution in [0.5, 0.6) is 0 Å². The maximum atomic E-state index is 12.3. The summed E-state index contributed by atoms with van der Waals surface area (Å²) in [5.74, 6) is -1.00. The van der Waals surface area contributed by atoms with E-state index in [9.17, 15) is 14.4 Å². The van der Waals surface area contributed by atoms with Gasteiger partial charge in [0.1, 0.15) is 0 Å². The standard InChI is InChI=1S/C16H14O4/c1-3-20-15(18)8-10(2)13-9-14(17)11-6-4-5-7-12(11)16(13)19/h4-9H,3H2,1-2H3. The summed E-state index contributed by atoms with van der Waals surface area (Å²) >= 11 is 0. The highest BCUT2D eigenvalue weighted by molar-refractivity contribution is 6.26. The van der Waals surface area contributed by atoms with Gasteiger partial charge in [0.25, 0.3) is 0 Å². The summed E-state index contributed by atoms with van der Waals surface area (Å²) in [5, 5.41) is 0. The van der Waals surface area contributed by atoms with E-state index >= 15 is 0 Å². The summed E-state index contributed by atoms with van der Waals surface area (Å²) in [6.45, 7) is 3.57. The van der Waals surface area contributed by atoms with E-state index in [1.54, 1.807) is 38.1 Å². The highest BCUT2D eigenvalue weighted by Gasteiger charge is 2.25. The van der Waals surface area contributed by atoms with Crippen molar-refractivity contribution in [3.05, 3.63) is 58.7 Å². The zero-order valence-corrected chi connectivity index (χ0v) is 11.3. The van der Waals surface area contributed by atoms with Crippen molar-refractivity contribution in [2.45, 2.75) is 13.8 Å². The molecular formula is C16H14O4. The van der Waals surface area contributed by atoms with E-state index in [0.717, 1.165) is 0 Å². The van der Waals surface area contributed by atoms with Crippen molar-refractivity contribution in [2.75, 3.05) is 6.61 Å². The topological polar surface area (TPSA) is 60.4 Å². The molecule has 20 heavy (non-hydrogen) atoms. The Kier molecular flexibility index (Phi) is 3.94. The smallest absolute Gasteiger partial charge is 0.331 e. The highest BCUT2D eigenvalue weighted by Crippen LogP contribution is 2.25. The maximum absolute atomic E-state index is 12.3. The minimum Gasteiger partial charge on any atom is -0.463 e. The monoisotopic (exact) mass is 270 g/mol. The molecule has 2 rings (SSSR count). The second kappa shape index (κ2) is 5.65. The van der Waals surface area contributed by atoms with Gasteiger partial charge in [-0.15, -0.1) is 0 Å². The van der Waals surface area contributed by atoms with Crippen molar-refractivity contribution in [3.8, 4) is 0 Å². The van der Waals surface area contributed by atoms with Crippen LogP contribution in [-0.2, 0) is 9.53 Å². The number of Topliss-reactive ketones (excluding diaryl/α,β-unsaturated/α-hetero) is 1. The van der Waals surface area contributed by atoms with Crippen LogP contribution in [0, 0.1) is 0 Å². The van der Waals surface area contributed by atoms with Crippen LogP contribution in [0.3, 0.4) is 0 Å². The largest absolute Gasteiger partial charge is 0.463 e. The molecule has 0 fully saturated rings. The van der Waals surface area contributed by atoms with E-state index in [0.29, 0.717) is 16.7 Å². The average Bonchev–Trinajstić information content (AvgIpc) is 2.43. The average molecular weight is 270 g/mol. The van der Waals surface area contributed by atoms with Crippen LogP contribution < -0.4 is 0 Å². The molecule has 4 heteroatoms. The second-order valence-electron chi connectivity index (χ2n) is 4.38. The van der Waals surface area contributed by atoms with Crippen molar-refractivity contribution in [1.82, 2.24) is 0 Å². The van der Waals surface area contributed by atoms with Crippen molar-refractivity contribution >= 4 is 17.5 Å². The molecule has 0 saturated heterocycles. The summed E-state index contributed by atoms with van der Waals surface area (Å²) in [6.07, 6.45) is 2.50. The number of carbonyl (C=O) groups excluding carboxylic acids is 3. The first kappa shape index (κ1) is 13.9. The van der Waals surface area contributed by atoms with Gasteiger partial charge in [-0.1, -0.05) is 24.3 Å². The fourth-order valence-electron chi connectivity index (χ4n) is 2.05. The van der Waals surface area contributed by atoms with Gasteiger partial charge in [0.05, 0.1) is 6.61 Å². The molecule has 0 atom stereocenters. The van der Waals surface area contributed by atoms with Gasteiger partial charge >= 0.3 is 5.97 Å². The first-order valence-electron chi connectivity index (χ1n) is 6.29. The molecule has 1 aliphatic rings. The molecule has 0 amide bonds. The van der Waals surface area contributed by atoms with Gasteiger partial charge < -0.3 is 4.74 Å². The molecule has 1 aromatic carbocycles. The molecule has 0 spiro atoms. The molecular weight excluding hydrogens is 256 g/mol. The van der Waals surface area contributed by atoms with Gasteiger partial charge in [-0.3, -0.25) is 9.59 Å². The molecule has 102 valence electrons. The Hall–Kier alpha value is -2.49. The minimum absolute atomic E-state index is 0.230. The van der Waals surface area contributed by atoms with Gasteiger partial charge in [-0.25, -0.2) is 4.79 Å². The third-order valence-electron chi connectivity index (χ3n) is 3.00. The minimum atomic E-state index is -0.523. The number of esters is 1. The molecule has 0 saturated carbocycles. The van der Waals surface area contributed by atoms with Gasteiger partial charge in [-0.05, 0) is 25.5 Å². The second-order valence-corrected chi connectivity index (χ2v) is 4.38. The number of hydrogen-bond donors (Lipinski definition) is 0. The molecule has 1 aromatic rings. The Morgan fingerprint density at radius 1 is 1.20 bits per heavy atom. The lowest BCUT2D eigenvalue weighted by Gasteiger charge is -2.15. The van der Waals surface area contributed by atoms with Gasteiger partial charge in [0.2, 0.25) is 0 Å². The first-order chi connectivity index (χ1) is 9.54. The molecule has 0 aliphatic heterocycles. The van der Waals surface area contributed by atoms with Crippen LogP contribution in [0.25, 0.3) is 0 Å². The molecule has 1 aliphatic carbocycles. The summed E-state index contributed by atoms with van der Waals surface area (Å²) in [7, 11) is 0. The van der Waals surface area contributed by atoms with Gasteiger partial charge in [-0.2, -0.15) is 0 Å². The van der Waals surface area contributed by atoms with E-state index in [2.05, 4.69) is 0 Å². The number of ether oxygens (including phenoxy) is 1. The van der Waals surface area contributed by atoms with Crippen molar-refractivity contribution in [2.24, 2.45) is 0 Å². The van der Waals surface area contributed by atoms with E-state index in [4.69, 9.17) is 4.74 Å². The van der Waals surface area contributed by atoms with Gasteiger partial charge in [0.15, 0.2) is 11.6 Å². The maximum Gasteiger partial charge on any atom is 0.331 e. The molecule has 0 radical (unpaired) electrons. The Labute approximate surface area is 116 Å². The number of allylic oxidation sites excluding steroid dienone is 3. The van der Waals surface area contributed by atoms with Crippen LogP contribution in [0.2, 0.25) is 0 Å². The third kappa shape index (κ3) is 2.59. The first-order valence-corrected chi connectivity index (χ1v) is 6.29. The summed E-state index contributed by atoms with van der Waals surface area (Å²) in [4.78, 5) is 35.7. The van der Waals surface area contributed by atoms with Crippen molar-refractivity contribution in [3.63, 3.8) is 0 Å². The van der Waals surface area contributed by atoms with Gasteiger partial charge in [0, 0.05) is 22.8 Å². The normalized spacial score (nSPS) is 14.7. The molecule has 0 heterocycles. The van der Waals surface area contributed by atoms with E-state index < -0.39 is 5.97 Å². The number of ketones is 2. The summed E-state index contributed by atoms with van der Waals surface area (Å²) in [5.41, 5.74) is 1.43. The highest BCUT2D eigenvalue weighted by atomic mass is 16.5. The Morgan fingerprint density at radius 3 is 2.50 bits per heavy atom. The van der Waals surface area contributed by atoms with E-state index in [-0.39, 0.29) is 23.7 Å². The van der Waals surface area contributed by atoms with Crippen molar-refractivity contribution in [1.29, 1.82) is 0 Å². The van der Waals surface area contributed by atoms with Crippen LogP contribution in [0.4, 0.5) is 0 Å². The number of benzene rings is 1. The third-order valence-corrected chi connectivity index (χ3v) is 3.00. The predicted molar refractivity (Wildman–Crippen MR) is 73.6 cm³/mol. The van der Waals surface area contributed by atoms with Crippen LogP contribution in [0.15, 0.2) is 47.6 Å². The zero-order valence-electron chi connectivity index (χ0n) is 11.3. The lowest BCUT2D eigenvalue weighted by atomic mass is 9.86. The molecule has 0 aromatic heterocycles. The number of hydrogen-bond acceptors (Lipinski definition) is 4. The fraction of sp³-hybridized carbons (Fsp3) is 0.188. The van der Waals surface area contributed by atoms with Crippen molar-refractivity contribution < 1.29 is 19.1 Å². The molecule has 0 bridgehead atoms. The summed E-state index contributed by atoms with van der Waals surface area (Å²) in [6, 6.07) is 6.65. The van der Waals surface area contributed by atoms with E-state index in [1.165, 1.54) is 12.2 Å². The number of carbonyl (C=O) groups is 3. The van der Waals surface area contributed by atoms with Crippen LogP contribution in [-0.4, -0.2) is 24.1 Å². The zero-order chi connectivity index (χ0) is 14.7. The molecule has 0 N–H and O–H groups in total.